The molecular formula is C14H28N2O. The van der Waals surface area contributed by atoms with Crippen LogP contribution in [0.3, 0.4) is 0 Å². The summed E-state index contributed by atoms with van der Waals surface area (Å²) in [6.07, 6.45) is 9.48. The van der Waals surface area contributed by atoms with E-state index in [1.807, 2.05) is 7.11 Å². The summed E-state index contributed by atoms with van der Waals surface area (Å²) in [5.74, 6) is 0.923. The molecule has 2 saturated carbocycles. The normalized spacial score (nSPS) is 34.9. The lowest BCUT2D eigenvalue weighted by molar-refractivity contribution is -0.0209. The molecule has 17 heavy (non-hydrogen) atoms. The number of likely N-dealkylation sites (N-methyl/N-ethyl adjacent to an activating group) is 1. The zero-order valence-corrected chi connectivity index (χ0v) is 11.5. The standard InChI is InChI=1S/C14H28N2O/c1-16(10-12-5-3-6-12)14(11-15)8-4-7-13(9-14)17-2/h12-13H,3-11,15H2,1-2H3. The minimum absolute atomic E-state index is 0.203. The molecule has 0 heterocycles. The van der Waals surface area contributed by atoms with Crippen molar-refractivity contribution in [1.82, 2.24) is 4.90 Å². The van der Waals surface area contributed by atoms with Gasteiger partial charge < -0.3 is 10.5 Å². The second-order valence-electron chi connectivity index (χ2n) is 6.06. The van der Waals surface area contributed by atoms with Crippen molar-refractivity contribution in [3.05, 3.63) is 0 Å². The second-order valence-corrected chi connectivity index (χ2v) is 6.06. The first-order chi connectivity index (χ1) is 8.20. The zero-order chi connectivity index (χ0) is 12.3. The number of hydrogen-bond donors (Lipinski definition) is 1. The van der Waals surface area contributed by atoms with E-state index in [9.17, 15) is 0 Å². The van der Waals surface area contributed by atoms with E-state index in [0.717, 1.165) is 18.9 Å². The maximum absolute atomic E-state index is 6.09. The molecular weight excluding hydrogens is 212 g/mol. The SMILES string of the molecule is COC1CCCC(CN)(N(C)CC2CCC2)C1. The zero-order valence-electron chi connectivity index (χ0n) is 11.5. The quantitative estimate of drug-likeness (QED) is 0.799. The molecule has 0 bridgehead atoms. The van der Waals surface area contributed by atoms with Gasteiger partial charge in [-0.1, -0.05) is 6.42 Å². The van der Waals surface area contributed by atoms with Gasteiger partial charge in [0.15, 0.2) is 0 Å². The van der Waals surface area contributed by atoms with E-state index < -0.39 is 0 Å². The number of nitrogens with zero attached hydrogens (tertiary/aromatic N) is 1. The number of ether oxygens (including phenoxy) is 1. The Hall–Kier alpha value is -0.120. The third-order valence-electron chi connectivity index (χ3n) is 5.06. The molecule has 2 fully saturated rings. The molecule has 2 unspecified atom stereocenters. The van der Waals surface area contributed by atoms with Gasteiger partial charge in [0.25, 0.3) is 0 Å². The highest BCUT2D eigenvalue weighted by Crippen LogP contribution is 2.36. The van der Waals surface area contributed by atoms with Crippen LogP contribution < -0.4 is 5.73 Å². The van der Waals surface area contributed by atoms with Crippen molar-refractivity contribution in [1.29, 1.82) is 0 Å². The summed E-state index contributed by atoms with van der Waals surface area (Å²) in [5, 5.41) is 0. The average molecular weight is 240 g/mol. The van der Waals surface area contributed by atoms with Crippen LogP contribution >= 0.6 is 0 Å². The highest BCUT2D eigenvalue weighted by molar-refractivity contribution is 4.97. The summed E-state index contributed by atoms with van der Waals surface area (Å²) in [7, 11) is 4.10. The molecule has 0 amide bonds. The Morgan fingerprint density at radius 1 is 1.29 bits per heavy atom. The molecule has 0 aromatic rings. The van der Waals surface area contributed by atoms with Crippen molar-refractivity contribution in [3.8, 4) is 0 Å². The summed E-state index contributed by atoms with van der Waals surface area (Å²) in [4.78, 5) is 2.54. The van der Waals surface area contributed by atoms with Crippen LogP contribution in [0.2, 0.25) is 0 Å². The Labute approximate surface area is 106 Å². The molecule has 2 aliphatic rings. The van der Waals surface area contributed by atoms with Crippen LogP contribution in [0.1, 0.15) is 44.9 Å². The van der Waals surface area contributed by atoms with Gasteiger partial charge in [0.05, 0.1) is 6.10 Å². The summed E-state index contributed by atoms with van der Waals surface area (Å²) < 4.78 is 5.56. The Kier molecular flexibility index (Phi) is 4.45. The average Bonchev–Trinajstić information content (AvgIpc) is 2.33. The van der Waals surface area contributed by atoms with Gasteiger partial charge in [-0.25, -0.2) is 0 Å². The van der Waals surface area contributed by atoms with Crippen molar-refractivity contribution in [2.75, 3.05) is 27.2 Å². The Morgan fingerprint density at radius 3 is 2.59 bits per heavy atom. The van der Waals surface area contributed by atoms with E-state index in [2.05, 4.69) is 11.9 Å². The first kappa shape index (κ1) is 13.3. The molecule has 2 atom stereocenters. The molecule has 2 N–H and O–H groups in total. The fraction of sp³-hybridized carbons (Fsp3) is 1.00. The van der Waals surface area contributed by atoms with Gasteiger partial charge in [-0.05, 0) is 51.5 Å². The molecule has 2 rings (SSSR count). The lowest BCUT2D eigenvalue weighted by atomic mass is 9.77. The molecule has 3 heteroatoms. The smallest absolute Gasteiger partial charge is 0.0589 e. The molecule has 0 saturated heterocycles. The number of nitrogens with two attached hydrogens (primary N) is 1. The molecule has 100 valence electrons. The third kappa shape index (κ3) is 2.83. The molecule has 0 aliphatic heterocycles. The van der Waals surface area contributed by atoms with Crippen molar-refractivity contribution in [3.63, 3.8) is 0 Å². The van der Waals surface area contributed by atoms with Crippen LogP contribution in [-0.4, -0.2) is 43.8 Å². The molecule has 0 spiro atoms. The number of rotatable bonds is 5. The number of hydrogen-bond acceptors (Lipinski definition) is 3. The topological polar surface area (TPSA) is 38.5 Å². The van der Waals surface area contributed by atoms with Gasteiger partial charge in [-0.15, -0.1) is 0 Å². The fourth-order valence-corrected chi connectivity index (χ4v) is 3.43. The van der Waals surface area contributed by atoms with Gasteiger partial charge in [0.1, 0.15) is 0 Å². The first-order valence-corrected chi connectivity index (χ1v) is 7.14. The van der Waals surface area contributed by atoms with E-state index in [1.54, 1.807) is 0 Å². The highest BCUT2D eigenvalue weighted by Gasteiger charge is 2.39. The predicted molar refractivity (Wildman–Crippen MR) is 71.0 cm³/mol. The molecule has 0 radical (unpaired) electrons. The maximum atomic E-state index is 6.09. The highest BCUT2D eigenvalue weighted by atomic mass is 16.5. The largest absolute Gasteiger partial charge is 0.381 e. The first-order valence-electron chi connectivity index (χ1n) is 7.14. The Balaban J connectivity index is 1.95. The van der Waals surface area contributed by atoms with E-state index in [4.69, 9.17) is 10.5 Å². The van der Waals surface area contributed by atoms with E-state index >= 15 is 0 Å². The van der Waals surface area contributed by atoms with Crippen molar-refractivity contribution in [2.24, 2.45) is 11.7 Å². The summed E-state index contributed by atoms with van der Waals surface area (Å²) in [6.45, 7) is 2.00. The third-order valence-corrected chi connectivity index (χ3v) is 5.06. The van der Waals surface area contributed by atoms with E-state index in [1.165, 1.54) is 45.1 Å². The van der Waals surface area contributed by atoms with E-state index in [0.29, 0.717) is 6.10 Å². The van der Waals surface area contributed by atoms with Gasteiger partial charge >= 0.3 is 0 Å². The lowest BCUT2D eigenvalue weighted by Crippen LogP contribution is -2.57. The molecule has 3 nitrogen and oxygen atoms in total. The molecule has 2 aliphatic carbocycles. The van der Waals surface area contributed by atoms with Crippen LogP contribution in [0.25, 0.3) is 0 Å². The Morgan fingerprint density at radius 2 is 2.06 bits per heavy atom. The summed E-state index contributed by atoms with van der Waals surface area (Å²) in [5.41, 5.74) is 6.30. The minimum Gasteiger partial charge on any atom is -0.381 e. The maximum Gasteiger partial charge on any atom is 0.0589 e. The van der Waals surface area contributed by atoms with Gasteiger partial charge in [0.2, 0.25) is 0 Å². The fourth-order valence-electron chi connectivity index (χ4n) is 3.43. The van der Waals surface area contributed by atoms with Gasteiger partial charge in [0, 0.05) is 25.7 Å². The van der Waals surface area contributed by atoms with Crippen LogP contribution in [0, 0.1) is 5.92 Å². The van der Waals surface area contributed by atoms with Crippen molar-refractivity contribution in [2.45, 2.75) is 56.6 Å². The lowest BCUT2D eigenvalue weighted by Gasteiger charge is -2.48. The number of methoxy groups -OCH3 is 1. The van der Waals surface area contributed by atoms with Crippen LogP contribution in [0.15, 0.2) is 0 Å². The van der Waals surface area contributed by atoms with Crippen molar-refractivity contribution < 1.29 is 4.74 Å². The second kappa shape index (κ2) is 5.68. The summed E-state index contributed by atoms with van der Waals surface area (Å²) in [6, 6.07) is 0. The van der Waals surface area contributed by atoms with E-state index in [-0.39, 0.29) is 5.54 Å². The van der Waals surface area contributed by atoms with Crippen LogP contribution in [0.4, 0.5) is 0 Å². The monoisotopic (exact) mass is 240 g/mol. The summed E-state index contributed by atoms with van der Waals surface area (Å²) >= 11 is 0. The van der Waals surface area contributed by atoms with Gasteiger partial charge in [-0.3, -0.25) is 4.90 Å². The van der Waals surface area contributed by atoms with Crippen LogP contribution in [0.5, 0.6) is 0 Å². The van der Waals surface area contributed by atoms with Gasteiger partial charge in [-0.2, -0.15) is 0 Å². The minimum atomic E-state index is 0.203. The van der Waals surface area contributed by atoms with Crippen molar-refractivity contribution >= 4 is 0 Å². The van der Waals surface area contributed by atoms with Crippen LogP contribution in [-0.2, 0) is 4.74 Å². The Bertz CT molecular complexity index is 242. The molecule has 0 aromatic carbocycles. The molecule has 0 aromatic heterocycles. The predicted octanol–water partition coefficient (Wildman–Crippen LogP) is 2.00.